The lowest BCUT2D eigenvalue weighted by molar-refractivity contribution is 0.541. The lowest BCUT2D eigenvalue weighted by Crippen LogP contribution is -2.19. The molecule has 0 fully saturated rings. The van der Waals surface area contributed by atoms with Crippen molar-refractivity contribution in [2.75, 3.05) is 0 Å². The molecular weight excluding hydrogens is 219 g/mol. The van der Waals surface area contributed by atoms with Crippen LogP contribution in [0.4, 0.5) is 4.39 Å². The molecule has 17 heavy (non-hydrogen) atoms. The second-order valence-corrected chi connectivity index (χ2v) is 4.01. The summed E-state index contributed by atoms with van der Waals surface area (Å²) in [4.78, 5) is 0. The number of rotatable bonds is 4. The van der Waals surface area contributed by atoms with Crippen LogP contribution >= 0.6 is 0 Å². The molecule has 90 valence electrons. The quantitative estimate of drug-likeness (QED) is 0.877. The number of nitrogens with one attached hydrogen (secondary N) is 1. The van der Waals surface area contributed by atoms with Gasteiger partial charge in [-0.15, -0.1) is 5.10 Å². The van der Waals surface area contributed by atoms with Crippen LogP contribution < -0.4 is 5.32 Å². The van der Waals surface area contributed by atoms with Crippen molar-refractivity contribution in [2.45, 2.75) is 19.5 Å². The largest absolute Gasteiger partial charge is 0.305 e. The standard InChI is InChI=1S/C12H15FN4/c1-9(10-4-3-5-11(13)6-10)14-7-12-8-15-16-17(12)2/h3-6,8-9,14H,7H2,1-2H3. The van der Waals surface area contributed by atoms with Crippen LogP contribution in [-0.4, -0.2) is 15.0 Å². The van der Waals surface area contributed by atoms with Gasteiger partial charge < -0.3 is 5.32 Å². The molecule has 0 radical (unpaired) electrons. The van der Waals surface area contributed by atoms with E-state index < -0.39 is 0 Å². The summed E-state index contributed by atoms with van der Waals surface area (Å²) in [5.74, 6) is -0.210. The van der Waals surface area contributed by atoms with E-state index in [4.69, 9.17) is 0 Å². The van der Waals surface area contributed by atoms with E-state index in [-0.39, 0.29) is 11.9 Å². The van der Waals surface area contributed by atoms with E-state index in [0.29, 0.717) is 6.54 Å². The third kappa shape index (κ3) is 2.88. The highest BCUT2D eigenvalue weighted by molar-refractivity contribution is 5.19. The molecule has 5 heteroatoms. The van der Waals surface area contributed by atoms with Gasteiger partial charge in [-0.1, -0.05) is 17.3 Å². The van der Waals surface area contributed by atoms with Crippen LogP contribution in [0.2, 0.25) is 0 Å². The molecule has 0 aliphatic carbocycles. The van der Waals surface area contributed by atoms with Gasteiger partial charge in [-0.25, -0.2) is 4.39 Å². The Kier molecular flexibility index (Phi) is 3.49. The molecule has 0 saturated carbocycles. The second kappa shape index (κ2) is 5.05. The summed E-state index contributed by atoms with van der Waals surface area (Å²) >= 11 is 0. The minimum absolute atomic E-state index is 0.0839. The highest BCUT2D eigenvalue weighted by Crippen LogP contribution is 2.13. The van der Waals surface area contributed by atoms with E-state index in [1.165, 1.54) is 6.07 Å². The van der Waals surface area contributed by atoms with Crippen molar-refractivity contribution in [3.63, 3.8) is 0 Å². The Hall–Kier alpha value is -1.75. The predicted molar refractivity (Wildman–Crippen MR) is 62.7 cm³/mol. The molecule has 1 heterocycles. The van der Waals surface area contributed by atoms with Crippen LogP contribution in [0.3, 0.4) is 0 Å². The van der Waals surface area contributed by atoms with Crippen LogP contribution in [0.25, 0.3) is 0 Å². The van der Waals surface area contributed by atoms with Crippen molar-refractivity contribution < 1.29 is 4.39 Å². The van der Waals surface area contributed by atoms with Crippen LogP contribution in [0.5, 0.6) is 0 Å². The smallest absolute Gasteiger partial charge is 0.123 e. The maximum atomic E-state index is 13.1. The summed E-state index contributed by atoms with van der Waals surface area (Å²) in [6, 6.07) is 6.69. The van der Waals surface area contributed by atoms with Crippen molar-refractivity contribution in [3.05, 3.63) is 47.5 Å². The van der Waals surface area contributed by atoms with E-state index in [0.717, 1.165) is 11.3 Å². The van der Waals surface area contributed by atoms with Crippen molar-refractivity contribution in [1.29, 1.82) is 0 Å². The number of nitrogens with zero attached hydrogens (tertiary/aromatic N) is 3. The molecule has 0 amide bonds. The number of aromatic nitrogens is 3. The first-order chi connectivity index (χ1) is 8.16. The lowest BCUT2D eigenvalue weighted by Gasteiger charge is -2.14. The average Bonchev–Trinajstić information content (AvgIpc) is 2.72. The van der Waals surface area contributed by atoms with Gasteiger partial charge >= 0.3 is 0 Å². The Morgan fingerprint density at radius 2 is 2.29 bits per heavy atom. The van der Waals surface area contributed by atoms with E-state index in [1.807, 2.05) is 20.0 Å². The Morgan fingerprint density at radius 3 is 2.94 bits per heavy atom. The van der Waals surface area contributed by atoms with Crippen LogP contribution in [-0.2, 0) is 13.6 Å². The third-order valence-electron chi connectivity index (χ3n) is 2.75. The molecule has 4 nitrogen and oxygen atoms in total. The molecule has 1 unspecified atom stereocenters. The molecule has 0 bridgehead atoms. The normalized spacial score (nSPS) is 12.6. The van der Waals surface area contributed by atoms with Crippen molar-refractivity contribution >= 4 is 0 Å². The Morgan fingerprint density at radius 1 is 1.47 bits per heavy atom. The van der Waals surface area contributed by atoms with E-state index in [2.05, 4.69) is 15.6 Å². The first-order valence-corrected chi connectivity index (χ1v) is 5.49. The topological polar surface area (TPSA) is 42.7 Å². The molecule has 1 atom stereocenters. The summed E-state index contributed by atoms with van der Waals surface area (Å²) in [6.07, 6.45) is 1.71. The SMILES string of the molecule is CC(NCc1cnnn1C)c1cccc(F)c1. The van der Waals surface area contributed by atoms with Gasteiger partial charge in [0.2, 0.25) is 0 Å². The number of hydrogen-bond acceptors (Lipinski definition) is 3. The first kappa shape index (κ1) is 11.7. The summed E-state index contributed by atoms with van der Waals surface area (Å²) in [6.45, 7) is 2.65. The maximum Gasteiger partial charge on any atom is 0.123 e. The van der Waals surface area contributed by atoms with Crippen LogP contribution in [0.15, 0.2) is 30.5 Å². The zero-order valence-electron chi connectivity index (χ0n) is 9.89. The Balaban J connectivity index is 1.98. The summed E-state index contributed by atoms with van der Waals surface area (Å²) < 4.78 is 14.8. The summed E-state index contributed by atoms with van der Waals surface area (Å²) in [5, 5.41) is 10.9. The first-order valence-electron chi connectivity index (χ1n) is 5.49. The highest BCUT2D eigenvalue weighted by atomic mass is 19.1. The molecule has 0 aliphatic heterocycles. The molecular formula is C12H15FN4. The second-order valence-electron chi connectivity index (χ2n) is 4.01. The number of aryl methyl sites for hydroxylation is 1. The van der Waals surface area contributed by atoms with Crippen LogP contribution in [0, 0.1) is 5.82 Å². The summed E-state index contributed by atoms with van der Waals surface area (Å²) in [7, 11) is 1.84. The Labute approximate surface area is 99.5 Å². The monoisotopic (exact) mass is 234 g/mol. The van der Waals surface area contributed by atoms with Crippen molar-refractivity contribution in [2.24, 2.45) is 7.05 Å². The Bertz CT molecular complexity index is 495. The zero-order valence-corrected chi connectivity index (χ0v) is 9.89. The molecule has 1 aromatic heterocycles. The molecule has 0 aliphatic rings. The molecule has 2 aromatic rings. The number of hydrogen-bond donors (Lipinski definition) is 1. The average molecular weight is 234 g/mol. The predicted octanol–water partition coefficient (Wildman–Crippen LogP) is 1.80. The maximum absolute atomic E-state index is 13.1. The fraction of sp³-hybridized carbons (Fsp3) is 0.333. The molecule has 1 aromatic carbocycles. The van der Waals surface area contributed by atoms with Gasteiger partial charge in [-0.3, -0.25) is 4.68 Å². The van der Waals surface area contributed by atoms with Crippen LogP contribution in [0.1, 0.15) is 24.2 Å². The fourth-order valence-corrected chi connectivity index (χ4v) is 1.62. The highest BCUT2D eigenvalue weighted by Gasteiger charge is 2.07. The van der Waals surface area contributed by atoms with E-state index in [9.17, 15) is 4.39 Å². The minimum Gasteiger partial charge on any atom is -0.305 e. The number of benzene rings is 1. The van der Waals surface area contributed by atoms with Gasteiger partial charge in [-0.05, 0) is 24.6 Å². The number of halogens is 1. The fourth-order valence-electron chi connectivity index (χ4n) is 1.62. The van der Waals surface area contributed by atoms with Gasteiger partial charge in [0, 0.05) is 19.6 Å². The zero-order chi connectivity index (χ0) is 12.3. The minimum atomic E-state index is -0.210. The van der Waals surface area contributed by atoms with Gasteiger partial charge in [0.25, 0.3) is 0 Å². The van der Waals surface area contributed by atoms with Crippen molar-refractivity contribution in [1.82, 2.24) is 20.3 Å². The molecule has 0 spiro atoms. The van der Waals surface area contributed by atoms with E-state index in [1.54, 1.807) is 23.0 Å². The third-order valence-corrected chi connectivity index (χ3v) is 2.75. The van der Waals surface area contributed by atoms with Gasteiger partial charge in [-0.2, -0.15) is 0 Å². The van der Waals surface area contributed by atoms with Gasteiger partial charge in [0.15, 0.2) is 0 Å². The van der Waals surface area contributed by atoms with Gasteiger partial charge in [0.05, 0.1) is 11.9 Å². The van der Waals surface area contributed by atoms with Gasteiger partial charge in [0.1, 0.15) is 5.82 Å². The summed E-state index contributed by atoms with van der Waals surface area (Å²) in [5.41, 5.74) is 1.92. The lowest BCUT2D eigenvalue weighted by atomic mass is 10.1. The molecule has 0 saturated heterocycles. The van der Waals surface area contributed by atoms with E-state index >= 15 is 0 Å². The molecule has 1 N–H and O–H groups in total. The molecule has 2 rings (SSSR count). The van der Waals surface area contributed by atoms with Crippen molar-refractivity contribution in [3.8, 4) is 0 Å².